The van der Waals surface area contributed by atoms with E-state index < -0.39 is 0 Å². The van der Waals surface area contributed by atoms with Gasteiger partial charge in [0.05, 0.1) is 6.10 Å². The fraction of sp³-hybridized carbons (Fsp3) is 0.667. The Bertz CT molecular complexity index is 406. The van der Waals surface area contributed by atoms with Gasteiger partial charge in [-0.2, -0.15) is 0 Å². The van der Waals surface area contributed by atoms with E-state index in [4.69, 9.17) is 4.74 Å². The molecule has 0 aromatic heterocycles. The Hall–Kier alpha value is -0.900. The summed E-state index contributed by atoms with van der Waals surface area (Å²) in [6, 6.07) is 9.11. The van der Waals surface area contributed by atoms with Gasteiger partial charge in [-0.15, -0.1) is 0 Å². The first-order chi connectivity index (χ1) is 10.4. The molecule has 21 heavy (non-hydrogen) atoms. The molecule has 3 nitrogen and oxygen atoms in total. The third kappa shape index (κ3) is 4.80. The lowest BCUT2D eigenvalue weighted by Gasteiger charge is -2.26. The van der Waals surface area contributed by atoms with Crippen LogP contribution >= 0.6 is 0 Å². The summed E-state index contributed by atoms with van der Waals surface area (Å²) < 4.78 is 5.63. The van der Waals surface area contributed by atoms with Crippen LogP contribution in [-0.4, -0.2) is 37.2 Å². The number of nitrogens with zero attached hydrogens (tertiary/aromatic N) is 1. The van der Waals surface area contributed by atoms with Crippen molar-refractivity contribution in [1.29, 1.82) is 0 Å². The normalized spacial score (nSPS) is 23.5. The summed E-state index contributed by atoms with van der Waals surface area (Å²) in [5, 5.41) is 3.51. The number of benzene rings is 1. The zero-order valence-electron chi connectivity index (χ0n) is 13.0. The highest BCUT2D eigenvalue weighted by molar-refractivity contribution is 5.22. The Morgan fingerprint density at radius 1 is 1.00 bits per heavy atom. The van der Waals surface area contributed by atoms with Crippen molar-refractivity contribution in [3.05, 3.63) is 35.4 Å². The topological polar surface area (TPSA) is 24.5 Å². The van der Waals surface area contributed by atoms with E-state index in [1.807, 2.05) is 0 Å². The van der Waals surface area contributed by atoms with Crippen LogP contribution in [-0.2, 0) is 17.8 Å². The molecule has 116 valence electrons. The third-order valence-corrected chi connectivity index (χ3v) is 4.60. The molecule has 0 bridgehead atoms. The molecule has 2 saturated heterocycles. The molecule has 2 aliphatic heterocycles. The molecule has 3 rings (SSSR count). The number of ether oxygens (including phenoxy) is 1. The number of piperidine rings is 1. The van der Waals surface area contributed by atoms with Crippen molar-refractivity contribution in [3.63, 3.8) is 0 Å². The van der Waals surface area contributed by atoms with Gasteiger partial charge in [0.25, 0.3) is 0 Å². The zero-order valence-corrected chi connectivity index (χ0v) is 13.0. The van der Waals surface area contributed by atoms with Gasteiger partial charge >= 0.3 is 0 Å². The van der Waals surface area contributed by atoms with E-state index in [2.05, 4.69) is 34.5 Å². The summed E-state index contributed by atoms with van der Waals surface area (Å²) in [6.45, 7) is 6.52. The molecule has 3 heteroatoms. The van der Waals surface area contributed by atoms with Gasteiger partial charge < -0.3 is 10.1 Å². The van der Waals surface area contributed by atoms with Crippen LogP contribution < -0.4 is 5.32 Å². The van der Waals surface area contributed by atoms with Gasteiger partial charge in [0, 0.05) is 26.2 Å². The fourth-order valence-electron chi connectivity index (χ4n) is 3.32. The van der Waals surface area contributed by atoms with Gasteiger partial charge in [0.1, 0.15) is 0 Å². The Morgan fingerprint density at radius 3 is 2.48 bits per heavy atom. The minimum Gasteiger partial charge on any atom is -0.377 e. The second-order valence-corrected chi connectivity index (χ2v) is 6.42. The quantitative estimate of drug-likeness (QED) is 0.871. The summed E-state index contributed by atoms with van der Waals surface area (Å²) >= 11 is 0. The van der Waals surface area contributed by atoms with Gasteiger partial charge in [-0.25, -0.2) is 0 Å². The van der Waals surface area contributed by atoms with Crippen molar-refractivity contribution < 1.29 is 4.74 Å². The first-order valence-electron chi connectivity index (χ1n) is 8.53. The summed E-state index contributed by atoms with van der Waals surface area (Å²) in [5.74, 6) is 0. The Kier molecular flexibility index (Phi) is 5.67. The molecule has 0 amide bonds. The second kappa shape index (κ2) is 7.92. The molecule has 1 unspecified atom stereocenters. The van der Waals surface area contributed by atoms with Gasteiger partial charge in [-0.3, -0.25) is 4.90 Å². The van der Waals surface area contributed by atoms with Gasteiger partial charge in [-0.1, -0.05) is 30.7 Å². The van der Waals surface area contributed by atoms with Crippen LogP contribution in [0.4, 0.5) is 0 Å². The molecule has 1 aromatic carbocycles. The molecule has 0 spiro atoms. The maximum absolute atomic E-state index is 5.63. The molecule has 2 fully saturated rings. The molecule has 0 aliphatic carbocycles. The molecular formula is C18H28N2O. The minimum absolute atomic E-state index is 0.434. The van der Waals surface area contributed by atoms with Gasteiger partial charge in [0.15, 0.2) is 0 Å². The van der Waals surface area contributed by atoms with E-state index in [1.165, 1.54) is 56.3 Å². The monoisotopic (exact) mass is 288 g/mol. The maximum Gasteiger partial charge on any atom is 0.0700 e. The Morgan fingerprint density at radius 2 is 1.76 bits per heavy atom. The predicted octanol–water partition coefficient (Wildman–Crippen LogP) is 2.94. The molecule has 0 radical (unpaired) electrons. The number of nitrogens with one attached hydrogen (secondary N) is 1. The average molecular weight is 288 g/mol. The Labute approximate surface area is 128 Å². The van der Waals surface area contributed by atoms with Crippen LogP contribution in [0.25, 0.3) is 0 Å². The Balaban J connectivity index is 1.40. The van der Waals surface area contributed by atoms with Crippen molar-refractivity contribution in [2.45, 2.75) is 51.3 Å². The highest BCUT2D eigenvalue weighted by Gasteiger charge is 2.14. The van der Waals surface area contributed by atoms with Crippen LogP contribution in [0.1, 0.15) is 43.2 Å². The maximum atomic E-state index is 5.63. The molecule has 1 aromatic rings. The van der Waals surface area contributed by atoms with Gasteiger partial charge in [0.2, 0.25) is 0 Å². The lowest BCUT2D eigenvalue weighted by atomic mass is 10.1. The molecule has 1 N–H and O–H groups in total. The smallest absolute Gasteiger partial charge is 0.0700 e. The molecule has 2 heterocycles. The van der Waals surface area contributed by atoms with Crippen LogP contribution in [0.15, 0.2) is 24.3 Å². The van der Waals surface area contributed by atoms with Crippen molar-refractivity contribution >= 4 is 0 Å². The first-order valence-corrected chi connectivity index (χ1v) is 8.53. The van der Waals surface area contributed by atoms with Crippen LogP contribution in [0.2, 0.25) is 0 Å². The standard InChI is InChI=1S/C18H28N2O/c1-2-10-20(11-3-1)15-17-8-6-16(7-9-17)13-19-14-18-5-4-12-21-18/h6-9,18-19H,1-5,10-15H2. The second-order valence-electron chi connectivity index (χ2n) is 6.42. The zero-order chi connectivity index (χ0) is 14.3. The van der Waals surface area contributed by atoms with E-state index in [9.17, 15) is 0 Å². The molecule has 2 aliphatic rings. The van der Waals surface area contributed by atoms with Crippen molar-refractivity contribution in [1.82, 2.24) is 10.2 Å². The van der Waals surface area contributed by atoms with E-state index in [1.54, 1.807) is 0 Å². The molecule has 0 saturated carbocycles. The number of likely N-dealkylation sites (tertiary alicyclic amines) is 1. The number of hydrogen-bond acceptors (Lipinski definition) is 3. The highest BCUT2D eigenvalue weighted by Crippen LogP contribution is 2.14. The van der Waals surface area contributed by atoms with Crippen LogP contribution in [0.3, 0.4) is 0 Å². The number of hydrogen-bond donors (Lipinski definition) is 1. The average Bonchev–Trinajstić information content (AvgIpc) is 3.03. The van der Waals surface area contributed by atoms with E-state index in [-0.39, 0.29) is 0 Å². The SMILES string of the molecule is c1cc(CN2CCCCC2)ccc1CNCC1CCCO1. The summed E-state index contributed by atoms with van der Waals surface area (Å²) in [7, 11) is 0. The van der Waals surface area contributed by atoms with Crippen molar-refractivity contribution in [3.8, 4) is 0 Å². The fourth-order valence-corrected chi connectivity index (χ4v) is 3.32. The minimum atomic E-state index is 0.434. The lowest BCUT2D eigenvalue weighted by Crippen LogP contribution is -2.29. The van der Waals surface area contributed by atoms with E-state index in [0.29, 0.717) is 6.10 Å². The van der Waals surface area contributed by atoms with Crippen LogP contribution in [0.5, 0.6) is 0 Å². The van der Waals surface area contributed by atoms with Crippen molar-refractivity contribution in [2.24, 2.45) is 0 Å². The predicted molar refractivity (Wildman–Crippen MR) is 86.3 cm³/mol. The highest BCUT2D eigenvalue weighted by atomic mass is 16.5. The van der Waals surface area contributed by atoms with E-state index in [0.717, 1.165) is 26.2 Å². The summed E-state index contributed by atoms with van der Waals surface area (Å²) in [4.78, 5) is 2.58. The largest absolute Gasteiger partial charge is 0.377 e. The number of rotatable bonds is 6. The summed E-state index contributed by atoms with van der Waals surface area (Å²) in [6.07, 6.45) is 7.00. The molecular weight excluding hydrogens is 260 g/mol. The van der Waals surface area contributed by atoms with E-state index >= 15 is 0 Å². The van der Waals surface area contributed by atoms with Gasteiger partial charge in [-0.05, 0) is 49.9 Å². The van der Waals surface area contributed by atoms with Crippen molar-refractivity contribution in [2.75, 3.05) is 26.2 Å². The molecule has 1 atom stereocenters. The third-order valence-electron chi connectivity index (χ3n) is 4.60. The summed E-state index contributed by atoms with van der Waals surface area (Å²) in [5.41, 5.74) is 2.81. The first kappa shape index (κ1) is 15.0. The van der Waals surface area contributed by atoms with Crippen LogP contribution in [0, 0.1) is 0 Å². The lowest BCUT2D eigenvalue weighted by molar-refractivity contribution is 0.110.